The molecule has 0 aromatic carbocycles. The second-order valence-electron chi connectivity index (χ2n) is 15.0. The lowest BCUT2D eigenvalue weighted by atomic mass is 10.1. The molecule has 5 nitrogen and oxygen atoms in total. The van der Waals surface area contributed by atoms with Crippen molar-refractivity contribution in [2.75, 3.05) is 40.3 Å². The van der Waals surface area contributed by atoms with E-state index in [0.717, 1.165) is 56.2 Å². The van der Waals surface area contributed by atoms with Gasteiger partial charge in [0.05, 0.1) is 20.6 Å². The summed E-state index contributed by atoms with van der Waals surface area (Å²) in [5, 5.41) is 3.09. The maximum absolute atomic E-state index is 12.2. The van der Waals surface area contributed by atoms with Gasteiger partial charge in [-0.3, -0.25) is 9.59 Å². The zero-order chi connectivity index (χ0) is 35.2. The van der Waals surface area contributed by atoms with Crippen LogP contribution in [0.25, 0.3) is 0 Å². The van der Waals surface area contributed by atoms with Crippen LogP contribution in [-0.4, -0.2) is 56.7 Å². The number of quaternary nitrogens is 1. The Morgan fingerprint density at radius 2 is 0.898 bits per heavy atom. The van der Waals surface area contributed by atoms with E-state index in [2.05, 4.69) is 57.6 Å². The van der Waals surface area contributed by atoms with Crippen molar-refractivity contribution < 1.29 is 31.2 Å². The molecule has 0 fully saturated rings. The fourth-order valence-electron chi connectivity index (χ4n) is 6.11. The van der Waals surface area contributed by atoms with E-state index in [1.807, 2.05) is 0 Å². The quantitative estimate of drug-likeness (QED) is 0.0303. The first kappa shape index (κ1) is 49.8. The van der Waals surface area contributed by atoms with Gasteiger partial charge >= 0.3 is 5.97 Å². The van der Waals surface area contributed by atoms with E-state index in [9.17, 15) is 9.59 Å². The number of hydrogen-bond donors (Lipinski definition) is 1. The number of likely N-dealkylation sites (N-methyl/N-ethyl adjacent to an activating group) is 1. The molecule has 290 valence electrons. The molecule has 0 rings (SSSR count). The maximum Gasteiger partial charge on any atom is 0.305 e. The highest BCUT2D eigenvalue weighted by Crippen LogP contribution is 2.12. The largest absolute Gasteiger partial charge is 1.00 e. The lowest BCUT2D eigenvalue weighted by Gasteiger charge is -2.29. The first-order valence-electron chi connectivity index (χ1n) is 21.0. The molecule has 0 saturated heterocycles. The highest BCUT2D eigenvalue weighted by Gasteiger charge is 2.16. The van der Waals surface area contributed by atoms with Gasteiger partial charge in [0.15, 0.2) is 0 Å². The van der Waals surface area contributed by atoms with Crippen LogP contribution in [0.5, 0.6) is 0 Å². The summed E-state index contributed by atoms with van der Waals surface area (Å²) in [6, 6.07) is 0. The molecule has 0 aliphatic heterocycles. The Labute approximate surface area is 312 Å². The predicted octanol–water partition coefficient (Wildman–Crippen LogP) is 9.19. The number of hydrogen-bond acceptors (Lipinski definition) is 3. The summed E-state index contributed by atoms with van der Waals surface area (Å²) in [6.07, 6.45) is 44.6. The molecule has 49 heavy (non-hydrogen) atoms. The summed E-state index contributed by atoms with van der Waals surface area (Å²) in [6.45, 7) is 7.50. The van der Waals surface area contributed by atoms with E-state index in [0.29, 0.717) is 19.4 Å². The second kappa shape index (κ2) is 39.5. The molecule has 0 bridgehead atoms. The van der Waals surface area contributed by atoms with E-state index < -0.39 is 0 Å². The summed E-state index contributed by atoms with van der Waals surface area (Å²) < 4.78 is 6.32. The molecule has 0 aromatic rings. The molecule has 1 amide bonds. The number of nitrogens with one attached hydrogen (secondary N) is 1. The lowest BCUT2D eigenvalue weighted by molar-refractivity contribution is -0.890. The normalized spacial score (nSPS) is 11.8. The fourth-order valence-corrected chi connectivity index (χ4v) is 6.11. The van der Waals surface area contributed by atoms with Crippen LogP contribution in [0.15, 0.2) is 24.3 Å². The molecule has 0 aliphatic carbocycles. The molecule has 0 saturated carbocycles. The SMILES string of the molecule is CCCCCCCCC=CCCCCCCCC(=O)NCCC[N+](C)(C)CCOC(=O)CCCCCCCC=CCCCCCCCC.[Cl-]. The first-order chi connectivity index (χ1) is 23.4. The van der Waals surface area contributed by atoms with E-state index in [1.54, 1.807) is 0 Å². The molecular formula is C43H83ClN2O3. The molecule has 1 N–H and O–H groups in total. The monoisotopic (exact) mass is 711 g/mol. The van der Waals surface area contributed by atoms with Gasteiger partial charge in [-0.05, 0) is 64.2 Å². The zero-order valence-electron chi connectivity index (χ0n) is 33.2. The molecule has 0 spiro atoms. The van der Waals surface area contributed by atoms with Crippen LogP contribution in [0.2, 0.25) is 0 Å². The Hall–Kier alpha value is -1.33. The number of amides is 1. The van der Waals surface area contributed by atoms with Gasteiger partial charge in [0.2, 0.25) is 5.91 Å². The number of ether oxygens (including phenoxy) is 1. The van der Waals surface area contributed by atoms with Gasteiger partial charge in [0.1, 0.15) is 13.2 Å². The van der Waals surface area contributed by atoms with Crippen LogP contribution in [-0.2, 0) is 14.3 Å². The number of halogens is 1. The molecule has 0 atom stereocenters. The molecular weight excluding hydrogens is 628 g/mol. The summed E-state index contributed by atoms with van der Waals surface area (Å²) in [5.74, 6) is 0.123. The average Bonchev–Trinajstić information content (AvgIpc) is 3.06. The van der Waals surface area contributed by atoms with Crippen LogP contribution in [0.4, 0.5) is 0 Å². The predicted molar refractivity (Wildman–Crippen MR) is 209 cm³/mol. The smallest absolute Gasteiger partial charge is 0.305 e. The van der Waals surface area contributed by atoms with Gasteiger partial charge in [0.25, 0.3) is 0 Å². The van der Waals surface area contributed by atoms with E-state index in [1.165, 1.54) is 141 Å². The number of nitrogens with zero attached hydrogens (tertiary/aromatic N) is 1. The van der Waals surface area contributed by atoms with Gasteiger partial charge in [0, 0.05) is 25.8 Å². The van der Waals surface area contributed by atoms with Crippen molar-refractivity contribution in [3.05, 3.63) is 24.3 Å². The highest BCUT2D eigenvalue weighted by molar-refractivity contribution is 5.75. The van der Waals surface area contributed by atoms with E-state index in [-0.39, 0.29) is 24.3 Å². The third-order valence-electron chi connectivity index (χ3n) is 9.53. The van der Waals surface area contributed by atoms with Gasteiger partial charge < -0.3 is 26.9 Å². The van der Waals surface area contributed by atoms with Crippen molar-refractivity contribution in [2.45, 2.75) is 200 Å². The van der Waals surface area contributed by atoms with Crippen LogP contribution in [0.1, 0.15) is 200 Å². The summed E-state index contributed by atoms with van der Waals surface area (Å²) in [7, 11) is 4.34. The van der Waals surface area contributed by atoms with Crippen molar-refractivity contribution in [1.82, 2.24) is 5.32 Å². The molecule has 6 heteroatoms. The first-order valence-corrected chi connectivity index (χ1v) is 21.0. The van der Waals surface area contributed by atoms with Gasteiger partial charge in [-0.1, -0.05) is 141 Å². The molecule has 0 aromatic heterocycles. The minimum atomic E-state index is -0.0597. The lowest BCUT2D eigenvalue weighted by Crippen LogP contribution is -3.00. The number of carbonyl (C=O) groups is 2. The Kier molecular flexibility index (Phi) is 40.1. The Bertz CT molecular complexity index is 768. The van der Waals surface area contributed by atoms with Gasteiger partial charge in [-0.2, -0.15) is 0 Å². The second-order valence-corrected chi connectivity index (χ2v) is 15.0. The van der Waals surface area contributed by atoms with Crippen molar-refractivity contribution in [2.24, 2.45) is 0 Å². The minimum Gasteiger partial charge on any atom is -1.00 e. The number of unbranched alkanes of at least 4 members (excludes halogenated alkanes) is 22. The number of esters is 1. The Morgan fingerprint density at radius 1 is 0.510 bits per heavy atom. The van der Waals surface area contributed by atoms with Crippen LogP contribution in [0.3, 0.4) is 0 Å². The summed E-state index contributed by atoms with van der Waals surface area (Å²) >= 11 is 0. The van der Waals surface area contributed by atoms with Crippen molar-refractivity contribution in [3.63, 3.8) is 0 Å². The maximum atomic E-state index is 12.2. The molecule has 0 radical (unpaired) electrons. The third kappa shape index (κ3) is 41.0. The minimum absolute atomic E-state index is 0. The number of carbonyl (C=O) groups excluding carboxylic acids is 2. The van der Waals surface area contributed by atoms with Crippen molar-refractivity contribution >= 4 is 11.9 Å². The topological polar surface area (TPSA) is 55.4 Å². The standard InChI is InChI=1S/C43H82N2O3.ClH/c1-5-7-9-11-13-15-17-19-21-23-25-27-29-31-33-36-42(46)44-38-35-39-45(3,4)40-41-48-43(47)37-34-32-30-28-26-24-22-20-18-16-14-12-10-8-6-2;/h19-22H,5-18,23-41H2,1-4H3;1H. The molecule has 0 unspecified atom stereocenters. The fraction of sp³-hybridized carbons (Fsp3) is 0.860. The van der Waals surface area contributed by atoms with Crippen molar-refractivity contribution in [1.29, 1.82) is 0 Å². The number of allylic oxidation sites excluding steroid dienone is 4. The summed E-state index contributed by atoms with van der Waals surface area (Å²) in [5.41, 5.74) is 0. The molecule has 0 aliphatic rings. The van der Waals surface area contributed by atoms with Crippen LogP contribution < -0.4 is 17.7 Å². The Balaban J connectivity index is 0. The van der Waals surface area contributed by atoms with E-state index >= 15 is 0 Å². The van der Waals surface area contributed by atoms with Gasteiger partial charge in [-0.15, -0.1) is 0 Å². The molecule has 0 heterocycles. The number of rotatable bonds is 37. The van der Waals surface area contributed by atoms with E-state index in [4.69, 9.17) is 4.74 Å². The third-order valence-corrected chi connectivity index (χ3v) is 9.53. The zero-order valence-corrected chi connectivity index (χ0v) is 33.9. The van der Waals surface area contributed by atoms with Gasteiger partial charge in [-0.25, -0.2) is 0 Å². The Morgan fingerprint density at radius 3 is 1.35 bits per heavy atom. The summed E-state index contributed by atoms with van der Waals surface area (Å²) in [4.78, 5) is 24.4. The van der Waals surface area contributed by atoms with Crippen LogP contribution >= 0.6 is 0 Å². The highest BCUT2D eigenvalue weighted by atomic mass is 35.5. The average molecular weight is 712 g/mol. The van der Waals surface area contributed by atoms with Crippen LogP contribution in [0, 0.1) is 0 Å². The van der Waals surface area contributed by atoms with Crippen molar-refractivity contribution in [3.8, 4) is 0 Å².